The van der Waals surface area contributed by atoms with E-state index in [0.717, 1.165) is 16.9 Å². The van der Waals surface area contributed by atoms with Gasteiger partial charge in [0, 0.05) is 11.1 Å². The number of benzene rings is 2. The lowest BCUT2D eigenvalue weighted by molar-refractivity contribution is 0.0666. The summed E-state index contributed by atoms with van der Waals surface area (Å²) in [6.45, 7) is 2.85. The Morgan fingerprint density at radius 2 is 1.83 bits per heavy atom. The summed E-state index contributed by atoms with van der Waals surface area (Å²) in [5, 5.41) is 14.8. The Morgan fingerprint density at radius 1 is 1.07 bits per heavy atom. The first-order valence-corrected chi connectivity index (χ1v) is 9.26. The highest BCUT2D eigenvalue weighted by atomic mass is 16.5. The molecule has 3 N–H and O–H groups in total. The molecule has 0 spiro atoms. The van der Waals surface area contributed by atoms with E-state index in [9.17, 15) is 9.59 Å². The van der Waals surface area contributed by atoms with Crippen molar-refractivity contribution in [2.45, 2.75) is 6.92 Å². The summed E-state index contributed by atoms with van der Waals surface area (Å²) in [7, 11) is 0. The molecule has 30 heavy (non-hydrogen) atoms. The first-order valence-electron chi connectivity index (χ1n) is 9.26. The van der Waals surface area contributed by atoms with Crippen molar-refractivity contribution in [2.24, 2.45) is 0 Å². The summed E-state index contributed by atoms with van der Waals surface area (Å²) in [6.07, 6.45) is 0. The minimum atomic E-state index is -0.835. The molecule has 0 saturated heterocycles. The fraction of sp³-hybridized carbons (Fsp3) is 0.190. The lowest BCUT2D eigenvalue weighted by atomic mass is 10.0. The lowest BCUT2D eigenvalue weighted by Crippen LogP contribution is -2.28. The third-order valence-electron chi connectivity index (χ3n) is 4.10. The number of carbonyl (C=O) groups is 2. The van der Waals surface area contributed by atoms with Crippen molar-refractivity contribution >= 4 is 11.8 Å². The summed E-state index contributed by atoms with van der Waals surface area (Å²) in [6, 6.07) is 16.2. The Labute approximate surface area is 172 Å². The SMILES string of the molecule is CCOc1ccccc1-c1ccc(C(=O)NCCOc2cc(C(=O)NO)on2)cc1. The summed E-state index contributed by atoms with van der Waals surface area (Å²) in [4.78, 5) is 23.5. The summed E-state index contributed by atoms with van der Waals surface area (Å²) in [5.41, 5.74) is 3.85. The number of para-hydroxylation sites is 1. The monoisotopic (exact) mass is 411 g/mol. The Balaban J connectivity index is 1.51. The average molecular weight is 411 g/mol. The molecule has 1 heterocycles. The van der Waals surface area contributed by atoms with Crippen LogP contribution < -0.4 is 20.3 Å². The first kappa shape index (κ1) is 20.9. The maximum Gasteiger partial charge on any atom is 0.313 e. The molecule has 0 unspecified atom stereocenters. The van der Waals surface area contributed by atoms with Crippen molar-refractivity contribution in [3.05, 3.63) is 65.9 Å². The predicted octanol–water partition coefficient (Wildman–Crippen LogP) is 2.67. The molecule has 0 aliphatic rings. The topological polar surface area (TPSA) is 123 Å². The van der Waals surface area contributed by atoms with Gasteiger partial charge in [0.15, 0.2) is 0 Å². The Kier molecular flexibility index (Phi) is 7.01. The van der Waals surface area contributed by atoms with Crippen LogP contribution in [0.2, 0.25) is 0 Å². The number of amides is 2. The fourth-order valence-corrected chi connectivity index (χ4v) is 2.70. The highest BCUT2D eigenvalue weighted by Gasteiger charge is 2.13. The fourth-order valence-electron chi connectivity index (χ4n) is 2.70. The van der Waals surface area contributed by atoms with Crippen LogP contribution in [0.15, 0.2) is 59.1 Å². The van der Waals surface area contributed by atoms with Crippen LogP contribution in [-0.2, 0) is 0 Å². The van der Waals surface area contributed by atoms with Gasteiger partial charge in [-0.3, -0.25) is 14.8 Å². The predicted molar refractivity (Wildman–Crippen MR) is 107 cm³/mol. The van der Waals surface area contributed by atoms with Crippen molar-refractivity contribution in [3.8, 4) is 22.8 Å². The molecular formula is C21H21N3O6. The van der Waals surface area contributed by atoms with Gasteiger partial charge in [0.05, 0.1) is 19.2 Å². The summed E-state index contributed by atoms with van der Waals surface area (Å²) in [5.74, 6) is -0.411. The molecule has 156 valence electrons. The van der Waals surface area contributed by atoms with Crippen molar-refractivity contribution < 1.29 is 28.8 Å². The molecule has 9 heteroatoms. The maximum atomic E-state index is 12.3. The Hall–Kier alpha value is -3.85. The van der Waals surface area contributed by atoms with E-state index in [-0.39, 0.29) is 30.7 Å². The van der Waals surface area contributed by atoms with Crippen molar-refractivity contribution in [2.75, 3.05) is 19.8 Å². The van der Waals surface area contributed by atoms with E-state index < -0.39 is 5.91 Å². The molecule has 3 aromatic rings. The molecule has 0 aliphatic heterocycles. The number of hydrogen-bond donors (Lipinski definition) is 3. The number of nitrogens with zero attached hydrogens (tertiary/aromatic N) is 1. The number of nitrogens with one attached hydrogen (secondary N) is 2. The van der Waals surface area contributed by atoms with Crippen LogP contribution in [0.5, 0.6) is 11.6 Å². The second-order valence-electron chi connectivity index (χ2n) is 6.08. The van der Waals surface area contributed by atoms with E-state index in [4.69, 9.17) is 19.2 Å². The molecule has 0 atom stereocenters. The molecule has 0 fully saturated rings. The first-order chi connectivity index (χ1) is 14.6. The summed E-state index contributed by atoms with van der Waals surface area (Å²) < 4.78 is 15.6. The largest absolute Gasteiger partial charge is 0.493 e. The third kappa shape index (κ3) is 5.15. The molecule has 1 aromatic heterocycles. The maximum absolute atomic E-state index is 12.3. The number of aromatic nitrogens is 1. The van der Waals surface area contributed by atoms with Gasteiger partial charge >= 0.3 is 5.91 Å². The Morgan fingerprint density at radius 3 is 2.57 bits per heavy atom. The van der Waals surface area contributed by atoms with E-state index in [2.05, 4.69) is 10.5 Å². The van der Waals surface area contributed by atoms with Crippen LogP contribution >= 0.6 is 0 Å². The van der Waals surface area contributed by atoms with Gasteiger partial charge in [0.2, 0.25) is 5.76 Å². The molecular weight excluding hydrogens is 390 g/mol. The highest BCUT2D eigenvalue weighted by molar-refractivity contribution is 5.94. The zero-order chi connectivity index (χ0) is 21.3. The van der Waals surface area contributed by atoms with Crippen LogP contribution in [0.25, 0.3) is 11.1 Å². The van der Waals surface area contributed by atoms with Gasteiger partial charge < -0.3 is 19.3 Å². The van der Waals surface area contributed by atoms with Crippen LogP contribution in [0.1, 0.15) is 27.8 Å². The van der Waals surface area contributed by atoms with Gasteiger partial charge in [-0.2, -0.15) is 0 Å². The normalized spacial score (nSPS) is 10.3. The average Bonchev–Trinajstić information content (AvgIpc) is 3.26. The minimum absolute atomic E-state index is 0.0696. The van der Waals surface area contributed by atoms with Gasteiger partial charge in [-0.25, -0.2) is 5.48 Å². The molecule has 2 amide bonds. The zero-order valence-electron chi connectivity index (χ0n) is 16.3. The van der Waals surface area contributed by atoms with Crippen molar-refractivity contribution in [1.29, 1.82) is 0 Å². The molecule has 0 saturated carbocycles. The molecule has 0 radical (unpaired) electrons. The van der Waals surface area contributed by atoms with Crippen LogP contribution in [0.4, 0.5) is 0 Å². The van der Waals surface area contributed by atoms with E-state index in [0.29, 0.717) is 12.2 Å². The van der Waals surface area contributed by atoms with E-state index in [1.165, 1.54) is 11.5 Å². The number of carbonyl (C=O) groups excluding carboxylic acids is 2. The number of hydroxylamine groups is 1. The van der Waals surface area contributed by atoms with Crippen molar-refractivity contribution in [1.82, 2.24) is 16.0 Å². The van der Waals surface area contributed by atoms with Gasteiger partial charge in [-0.1, -0.05) is 30.3 Å². The van der Waals surface area contributed by atoms with Crippen LogP contribution in [0.3, 0.4) is 0 Å². The van der Waals surface area contributed by atoms with Gasteiger partial charge in [-0.05, 0) is 35.8 Å². The minimum Gasteiger partial charge on any atom is -0.493 e. The second-order valence-corrected chi connectivity index (χ2v) is 6.08. The van der Waals surface area contributed by atoms with E-state index in [1.54, 1.807) is 12.1 Å². The highest BCUT2D eigenvalue weighted by Crippen LogP contribution is 2.29. The van der Waals surface area contributed by atoms with Crippen LogP contribution in [0, 0.1) is 0 Å². The second kappa shape index (κ2) is 10.1. The number of rotatable bonds is 9. The quantitative estimate of drug-likeness (QED) is 0.281. The van der Waals surface area contributed by atoms with Crippen molar-refractivity contribution in [3.63, 3.8) is 0 Å². The van der Waals surface area contributed by atoms with Crippen LogP contribution in [-0.4, -0.2) is 41.9 Å². The van der Waals surface area contributed by atoms with E-state index in [1.807, 2.05) is 43.3 Å². The Bertz CT molecular complexity index is 1000. The molecule has 3 rings (SSSR count). The standard InChI is InChI=1S/C21H21N3O6/c1-2-28-17-6-4-3-5-16(17)14-7-9-15(10-8-14)20(25)22-11-12-29-19-13-18(30-24-19)21(26)23-27/h3-10,13,27H,2,11-12H2,1H3,(H,22,25)(H,23,26). The van der Waals surface area contributed by atoms with Gasteiger partial charge in [0.25, 0.3) is 11.8 Å². The molecule has 0 bridgehead atoms. The van der Waals surface area contributed by atoms with Gasteiger partial charge in [0.1, 0.15) is 12.4 Å². The zero-order valence-corrected chi connectivity index (χ0v) is 16.3. The number of hydrogen-bond acceptors (Lipinski definition) is 7. The molecule has 0 aliphatic carbocycles. The lowest BCUT2D eigenvalue weighted by Gasteiger charge is -2.11. The number of ether oxygens (including phenoxy) is 2. The smallest absolute Gasteiger partial charge is 0.313 e. The molecule has 2 aromatic carbocycles. The van der Waals surface area contributed by atoms with E-state index >= 15 is 0 Å². The van der Waals surface area contributed by atoms with Gasteiger partial charge in [-0.15, -0.1) is 0 Å². The third-order valence-corrected chi connectivity index (χ3v) is 4.10. The molecule has 9 nitrogen and oxygen atoms in total. The summed E-state index contributed by atoms with van der Waals surface area (Å²) >= 11 is 0.